The van der Waals surface area contributed by atoms with Crippen LogP contribution in [-0.4, -0.2) is 38.9 Å². The van der Waals surface area contributed by atoms with E-state index in [4.69, 9.17) is 9.72 Å². The lowest BCUT2D eigenvalue weighted by atomic mass is 10.1. The van der Waals surface area contributed by atoms with Gasteiger partial charge in [0.05, 0.1) is 22.6 Å². The van der Waals surface area contributed by atoms with Crippen LogP contribution in [0, 0.1) is 6.92 Å². The lowest BCUT2D eigenvalue weighted by Crippen LogP contribution is -2.05. The van der Waals surface area contributed by atoms with E-state index in [0.717, 1.165) is 21.1 Å². The minimum Gasteiger partial charge on any atom is -0.504 e. The quantitative estimate of drug-likeness (QED) is 0.298. The zero-order chi connectivity index (χ0) is 21.1. The number of hydrogen-bond donors (Lipinski definition) is 1. The minimum atomic E-state index is -0.106. The number of phenolic OH excluding ortho intramolecular Hbond substituents is 1. The molecule has 0 bridgehead atoms. The summed E-state index contributed by atoms with van der Waals surface area (Å²) in [6.07, 6.45) is 0. The summed E-state index contributed by atoms with van der Waals surface area (Å²) in [4.78, 5) is 19.4. The highest BCUT2D eigenvalue weighted by Gasteiger charge is 2.17. The molecular formula is C21H17N3O3S3. The van der Waals surface area contributed by atoms with Crippen LogP contribution in [0.15, 0.2) is 52.3 Å². The van der Waals surface area contributed by atoms with E-state index in [-0.39, 0.29) is 23.0 Å². The number of ketones is 1. The van der Waals surface area contributed by atoms with Gasteiger partial charge in [0, 0.05) is 5.56 Å². The molecule has 0 fully saturated rings. The van der Waals surface area contributed by atoms with Crippen molar-refractivity contribution in [1.82, 2.24) is 15.2 Å². The average molecular weight is 456 g/mol. The Morgan fingerprint density at radius 1 is 1.10 bits per heavy atom. The van der Waals surface area contributed by atoms with E-state index in [1.807, 2.05) is 35.0 Å². The van der Waals surface area contributed by atoms with Crippen molar-refractivity contribution < 1.29 is 14.6 Å². The fraction of sp³-hybridized carbons (Fsp3) is 0.143. The summed E-state index contributed by atoms with van der Waals surface area (Å²) >= 11 is 4.40. The molecule has 1 aromatic carbocycles. The SMILES string of the molecule is COc1cc(C(=O)CSc2nnc(-c3cccs3)c(-c3cccs3)n2)cc(C)c1O. The highest BCUT2D eigenvalue weighted by molar-refractivity contribution is 7.99. The first-order valence-corrected chi connectivity index (χ1v) is 11.7. The van der Waals surface area contributed by atoms with Gasteiger partial charge in [-0.25, -0.2) is 4.98 Å². The fourth-order valence-electron chi connectivity index (χ4n) is 2.81. The molecule has 6 nitrogen and oxygen atoms in total. The van der Waals surface area contributed by atoms with Gasteiger partial charge in [-0.15, -0.1) is 32.9 Å². The topological polar surface area (TPSA) is 85.2 Å². The molecular weight excluding hydrogens is 438 g/mol. The number of thioether (sulfide) groups is 1. The summed E-state index contributed by atoms with van der Waals surface area (Å²) in [5.74, 6) is 0.364. The van der Waals surface area contributed by atoms with E-state index >= 15 is 0 Å². The van der Waals surface area contributed by atoms with Gasteiger partial charge in [0.15, 0.2) is 17.3 Å². The number of Topliss-reactive ketones (excluding diaryl/α,β-unsaturated/α-hetero) is 1. The molecule has 152 valence electrons. The molecule has 0 radical (unpaired) electrons. The Kier molecular flexibility index (Phi) is 6.12. The van der Waals surface area contributed by atoms with Gasteiger partial charge in [-0.2, -0.15) is 0 Å². The second kappa shape index (κ2) is 8.95. The number of hydrogen-bond acceptors (Lipinski definition) is 9. The predicted octanol–water partition coefficient (Wildman–Crippen LogP) is 5.33. The third kappa shape index (κ3) is 4.23. The standard InChI is InChI=1S/C21H17N3O3S3/c1-12-9-13(10-15(27-2)20(12)26)14(25)11-30-21-22-18(16-5-3-7-28-16)19(23-24-21)17-6-4-8-29-17/h3-10,26H,11H2,1-2H3. The van der Waals surface area contributed by atoms with Crippen LogP contribution >= 0.6 is 34.4 Å². The number of aryl methyl sites for hydroxylation is 1. The number of thiophene rings is 2. The number of ether oxygens (including phenoxy) is 1. The van der Waals surface area contributed by atoms with Gasteiger partial charge in [-0.05, 0) is 47.5 Å². The third-order valence-corrected chi connectivity index (χ3v) is 6.91. The van der Waals surface area contributed by atoms with Crippen LogP contribution in [0.2, 0.25) is 0 Å². The van der Waals surface area contributed by atoms with Crippen LogP contribution in [0.1, 0.15) is 15.9 Å². The Hall–Kier alpha value is -2.75. The van der Waals surface area contributed by atoms with Gasteiger partial charge in [0.1, 0.15) is 11.4 Å². The molecule has 3 heterocycles. The summed E-state index contributed by atoms with van der Waals surface area (Å²) < 4.78 is 5.14. The van der Waals surface area contributed by atoms with E-state index in [2.05, 4.69) is 10.2 Å². The number of rotatable bonds is 7. The number of phenols is 1. The molecule has 0 saturated carbocycles. The number of aromatic nitrogens is 3. The van der Waals surface area contributed by atoms with Crippen molar-refractivity contribution in [3.63, 3.8) is 0 Å². The Labute approximate surface area is 185 Å². The number of aromatic hydroxyl groups is 1. The maximum atomic E-state index is 12.7. The summed E-state index contributed by atoms with van der Waals surface area (Å²) in [7, 11) is 1.46. The molecule has 3 aromatic heterocycles. The zero-order valence-electron chi connectivity index (χ0n) is 16.2. The van der Waals surface area contributed by atoms with Crippen molar-refractivity contribution in [3.8, 4) is 32.6 Å². The summed E-state index contributed by atoms with van der Waals surface area (Å²) in [5.41, 5.74) is 2.55. The predicted molar refractivity (Wildman–Crippen MR) is 121 cm³/mol. The Bertz CT molecular complexity index is 1180. The first-order chi connectivity index (χ1) is 14.6. The molecule has 1 N–H and O–H groups in total. The zero-order valence-corrected chi connectivity index (χ0v) is 18.6. The summed E-state index contributed by atoms with van der Waals surface area (Å²) in [6, 6.07) is 11.1. The van der Waals surface area contributed by atoms with Crippen molar-refractivity contribution in [2.45, 2.75) is 12.1 Å². The number of nitrogens with zero attached hydrogens (tertiary/aromatic N) is 3. The summed E-state index contributed by atoms with van der Waals surface area (Å²) in [5, 5.41) is 23.0. The molecule has 0 aliphatic heterocycles. The Morgan fingerprint density at radius 2 is 1.80 bits per heavy atom. The fourth-order valence-corrected chi connectivity index (χ4v) is 4.92. The lowest BCUT2D eigenvalue weighted by Gasteiger charge is -2.09. The van der Waals surface area contributed by atoms with Gasteiger partial charge in [0.2, 0.25) is 5.16 Å². The lowest BCUT2D eigenvalue weighted by molar-refractivity contribution is 0.102. The number of carbonyl (C=O) groups excluding carboxylic acids is 1. The number of benzene rings is 1. The second-order valence-corrected chi connectivity index (χ2v) is 9.14. The van der Waals surface area contributed by atoms with E-state index in [0.29, 0.717) is 16.3 Å². The van der Waals surface area contributed by atoms with Gasteiger partial charge in [0.25, 0.3) is 0 Å². The Morgan fingerprint density at radius 3 is 2.43 bits per heavy atom. The minimum absolute atomic E-state index is 0.0407. The van der Waals surface area contributed by atoms with Crippen LogP contribution in [0.5, 0.6) is 11.5 Å². The smallest absolute Gasteiger partial charge is 0.210 e. The largest absolute Gasteiger partial charge is 0.504 e. The molecule has 4 rings (SSSR count). The van der Waals surface area contributed by atoms with E-state index in [1.165, 1.54) is 18.9 Å². The number of methoxy groups -OCH3 is 1. The number of carbonyl (C=O) groups is 1. The van der Waals surface area contributed by atoms with E-state index in [1.54, 1.807) is 41.7 Å². The van der Waals surface area contributed by atoms with Crippen LogP contribution in [0.3, 0.4) is 0 Å². The van der Waals surface area contributed by atoms with Gasteiger partial charge < -0.3 is 9.84 Å². The van der Waals surface area contributed by atoms with Crippen molar-refractivity contribution in [3.05, 3.63) is 58.3 Å². The van der Waals surface area contributed by atoms with E-state index < -0.39 is 0 Å². The third-order valence-electron chi connectivity index (χ3n) is 4.32. The molecule has 30 heavy (non-hydrogen) atoms. The Balaban J connectivity index is 1.58. The van der Waals surface area contributed by atoms with Gasteiger partial charge in [-0.3, -0.25) is 4.79 Å². The molecule has 0 aliphatic rings. The monoisotopic (exact) mass is 455 g/mol. The molecule has 9 heteroatoms. The van der Waals surface area contributed by atoms with E-state index in [9.17, 15) is 9.90 Å². The molecule has 4 aromatic rings. The van der Waals surface area contributed by atoms with Crippen molar-refractivity contribution in [2.75, 3.05) is 12.9 Å². The van der Waals surface area contributed by atoms with Gasteiger partial charge >= 0.3 is 0 Å². The molecule has 0 aliphatic carbocycles. The molecule has 0 unspecified atom stereocenters. The maximum absolute atomic E-state index is 12.7. The van der Waals surface area contributed by atoms with Gasteiger partial charge in [-0.1, -0.05) is 23.9 Å². The molecule has 0 spiro atoms. The van der Waals surface area contributed by atoms with Crippen molar-refractivity contribution in [2.24, 2.45) is 0 Å². The first-order valence-electron chi connectivity index (χ1n) is 8.93. The average Bonchev–Trinajstić information content (AvgIpc) is 3.48. The van der Waals surface area contributed by atoms with Crippen molar-refractivity contribution >= 4 is 40.2 Å². The first kappa shape index (κ1) is 20.5. The highest BCUT2D eigenvalue weighted by Crippen LogP contribution is 2.35. The summed E-state index contributed by atoms with van der Waals surface area (Å²) in [6.45, 7) is 1.73. The molecule has 0 saturated heterocycles. The van der Waals surface area contributed by atoms with Crippen LogP contribution in [0.4, 0.5) is 0 Å². The maximum Gasteiger partial charge on any atom is 0.210 e. The van der Waals surface area contributed by atoms with Crippen molar-refractivity contribution in [1.29, 1.82) is 0 Å². The van der Waals surface area contributed by atoms with Crippen LogP contribution in [-0.2, 0) is 0 Å². The second-order valence-electron chi connectivity index (χ2n) is 6.30. The molecule has 0 amide bonds. The normalized spacial score (nSPS) is 10.9. The van der Waals surface area contributed by atoms with Crippen LogP contribution < -0.4 is 4.74 Å². The molecule has 0 atom stereocenters. The van der Waals surface area contributed by atoms with Crippen LogP contribution in [0.25, 0.3) is 21.1 Å². The highest BCUT2D eigenvalue weighted by atomic mass is 32.2.